The van der Waals surface area contributed by atoms with Gasteiger partial charge in [-0.15, -0.1) is 0 Å². The van der Waals surface area contributed by atoms with Crippen molar-refractivity contribution in [2.24, 2.45) is 0 Å². The maximum atomic E-state index is 5.14. The summed E-state index contributed by atoms with van der Waals surface area (Å²) in [5.74, 6) is 3.67. The van der Waals surface area contributed by atoms with Gasteiger partial charge in [0.1, 0.15) is 5.76 Å². The Morgan fingerprint density at radius 3 is 2.74 bits per heavy atom. The van der Waals surface area contributed by atoms with Crippen LogP contribution in [-0.2, 0) is 5.75 Å². The van der Waals surface area contributed by atoms with E-state index in [2.05, 4.69) is 20.4 Å². The van der Waals surface area contributed by atoms with E-state index in [1.54, 1.807) is 12.4 Å². The lowest BCUT2D eigenvalue weighted by Crippen LogP contribution is -2.05. The number of aryl methyl sites for hydroxylation is 2. The molecule has 0 aromatic carbocycles. The van der Waals surface area contributed by atoms with Gasteiger partial charge in [-0.3, -0.25) is 0 Å². The number of aromatic nitrogens is 3. The first kappa shape index (κ1) is 13.9. The van der Waals surface area contributed by atoms with Crippen LogP contribution in [-0.4, -0.2) is 27.4 Å². The highest BCUT2D eigenvalue weighted by Crippen LogP contribution is 2.19. The molecular formula is C13H18N4OS. The molecule has 0 aliphatic rings. The van der Waals surface area contributed by atoms with Crippen molar-refractivity contribution < 1.29 is 4.52 Å². The van der Waals surface area contributed by atoms with Crippen molar-refractivity contribution in [3.63, 3.8) is 0 Å². The lowest BCUT2D eigenvalue weighted by molar-refractivity contribution is 0.392. The van der Waals surface area contributed by atoms with Crippen molar-refractivity contribution in [3.8, 4) is 0 Å². The minimum atomic E-state index is 0.693. The van der Waals surface area contributed by atoms with E-state index in [4.69, 9.17) is 4.52 Å². The van der Waals surface area contributed by atoms with Crippen LogP contribution in [0, 0.1) is 13.8 Å². The summed E-state index contributed by atoms with van der Waals surface area (Å²) >= 11 is 1.89. The van der Waals surface area contributed by atoms with E-state index >= 15 is 0 Å². The Bertz CT molecular complexity index is 481. The van der Waals surface area contributed by atoms with Crippen molar-refractivity contribution in [2.45, 2.75) is 26.0 Å². The molecule has 6 heteroatoms. The molecule has 0 saturated carbocycles. The van der Waals surface area contributed by atoms with Crippen molar-refractivity contribution in [3.05, 3.63) is 35.5 Å². The fourth-order valence-electron chi connectivity index (χ4n) is 1.65. The average Bonchev–Trinajstić information content (AvgIpc) is 2.75. The van der Waals surface area contributed by atoms with Crippen molar-refractivity contribution in [1.29, 1.82) is 0 Å². The van der Waals surface area contributed by atoms with Gasteiger partial charge in [-0.1, -0.05) is 5.16 Å². The second-order valence-electron chi connectivity index (χ2n) is 4.21. The van der Waals surface area contributed by atoms with Gasteiger partial charge in [0.25, 0.3) is 0 Å². The molecule has 0 unspecified atom stereocenters. The van der Waals surface area contributed by atoms with Crippen molar-refractivity contribution in [1.82, 2.24) is 15.1 Å². The number of thioether (sulfide) groups is 1. The van der Waals surface area contributed by atoms with Crippen LogP contribution in [0.4, 0.5) is 5.95 Å². The molecule has 102 valence electrons. The molecule has 0 radical (unpaired) electrons. The van der Waals surface area contributed by atoms with E-state index in [0.29, 0.717) is 5.95 Å². The molecule has 19 heavy (non-hydrogen) atoms. The summed E-state index contributed by atoms with van der Waals surface area (Å²) in [6.45, 7) is 4.84. The quantitative estimate of drug-likeness (QED) is 0.786. The molecule has 2 rings (SSSR count). The van der Waals surface area contributed by atoms with Crippen LogP contribution in [0.2, 0.25) is 0 Å². The van der Waals surface area contributed by atoms with Gasteiger partial charge in [0, 0.05) is 30.3 Å². The van der Waals surface area contributed by atoms with E-state index < -0.39 is 0 Å². The van der Waals surface area contributed by atoms with Crippen LogP contribution in [0.25, 0.3) is 0 Å². The molecule has 0 amide bonds. The maximum Gasteiger partial charge on any atom is 0.222 e. The first-order chi connectivity index (χ1) is 9.27. The SMILES string of the molecule is Cc1noc(C)c1CSCCCNc1ncccn1. The van der Waals surface area contributed by atoms with Gasteiger partial charge in [-0.25, -0.2) is 9.97 Å². The molecule has 1 N–H and O–H groups in total. The summed E-state index contributed by atoms with van der Waals surface area (Å²) < 4.78 is 5.14. The molecule has 0 atom stereocenters. The predicted molar refractivity (Wildman–Crippen MR) is 77.3 cm³/mol. The molecule has 5 nitrogen and oxygen atoms in total. The molecule has 0 spiro atoms. The standard InChI is InChI=1S/C13H18N4OS/c1-10-12(11(2)18-17-10)9-19-8-4-7-16-13-14-5-3-6-15-13/h3,5-6H,4,7-9H2,1-2H3,(H,14,15,16). The highest BCUT2D eigenvalue weighted by molar-refractivity contribution is 7.98. The van der Waals surface area contributed by atoms with E-state index in [0.717, 1.165) is 35.9 Å². The Balaban J connectivity index is 1.60. The topological polar surface area (TPSA) is 63.8 Å². The van der Waals surface area contributed by atoms with Crippen molar-refractivity contribution >= 4 is 17.7 Å². The molecule has 2 aromatic rings. The second kappa shape index (κ2) is 7.13. The summed E-state index contributed by atoms with van der Waals surface area (Å²) in [5, 5.41) is 7.15. The van der Waals surface area contributed by atoms with Gasteiger partial charge in [-0.05, 0) is 32.1 Å². The smallest absolute Gasteiger partial charge is 0.222 e. The summed E-state index contributed by atoms with van der Waals surface area (Å²) in [4.78, 5) is 8.22. The van der Waals surface area contributed by atoms with Gasteiger partial charge in [-0.2, -0.15) is 11.8 Å². The zero-order valence-electron chi connectivity index (χ0n) is 11.2. The summed E-state index contributed by atoms with van der Waals surface area (Å²) in [6, 6.07) is 1.81. The largest absolute Gasteiger partial charge is 0.361 e. The Hall–Kier alpha value is -1.56. The highest BCUT2D eigenvalue weighted by Gasteiger charge is 2.07. The van der Waals surface area contributed by atoms with Crippen molar-refractivity contribution in [2.75, 3.05) is 17.6 Å². The molecule has 0 bridgehead atoms. The fraction of sp³-hybridized carbons (Fsp3) is 0.462. The minimum absolute atomic E-state index is 0.693. The molecule has 0 aliphatic heterocycles. The molecule has 0 aliphatic carbocycles. The zero-order chi connectivity index (χ0) is 13.5. The summed E-state index contributed by atoms with van der Waals surface area (Å²) in [7, 11) is 0. The van der Waals surface area contributed by atoms with E-state index in [9.17, 15) is 0 Å². The van der Waals surface area contributed by atoms with Crippen LogP contribution < -0.4 is 5.32 Å². The number of rotatable bonds is 7. The summed E-state index contributed by atoms with van der Waals surface area (Å²) in [6.07, 6.45) is 4.55. The lowest BCUT2D eigenvalue weighted by atomic mass is 10.2. The third-order valence-electron chi connectivity index (χ3n) is 2.74. The molecule has 0 fully saturated rings. The van der Waals surface area contributed by atoms with Gasteiger partial charge in [0.2, 0.25) is 5.95 Å². The molecule has 2 aromatic heterocycles. The lowest BCUT2D eigenvalue weighted by Gasteiger charge is -2.04. The van der Waals surface area contributed by atoms with E-state index in [-0.39, 0.29) is 0 Å². The predicted octanol–water partition coefficient (Wildman–Crippen LogP) is 2.82. The third-order valence-corrected chi connectivity index (χ3v) is 3.81. The van der Waals surface area contributed by atoms with Crippen LogP contribution in [0.3, 0.4) is 0 Å². The molecule has 0 saturated heterocycles. The second-order valence-corrected chi connectivity index (χ2v) is 5.31. The Kier molecular flexibility index (Phi) is 5.20. The van der Waals surface area contributed by atoms with Gasteiger partial charge in [0.15, 0.2) is 0 Å². The molecule has 2 heterocycles. The monoisotopic (exact) mass is 278 g/mol. The maximum absolute atomic E-state index is 5.14. The van der Waals surface area contributed by atoms with Crippen LogP contribution >= 0.6 is 11.8 Å². The summed E-state index contributed by atoms with van der Waals surface area (Å²) in [5.41, 5.74) is 2.23. The normalized spacial score (nSPS) is 10.6. The average molecular weight is 278 g/mol. The van der Waals surface area contributed by atoms with Gasteiger partial charge >= 0.3 is 0 Å². The third kappa shape index (κ3) is 4.24. The minimum Gasteiger partial charge on any atom is -0.361 e. The van der Waals surface area contributed by atoms with Gasteiger partial charge < -0.3 is 9.84 Å². The first-order valence-electron chi connectivity index (χ1n) is 6.28. The van der Waals surface area contributed by atoms with E-state index in [1.165, 1.54) is 5.56 Å². The number of nitrogens with one attached hydrogen (secondary N) is 1. The molecular weight excluding hydrogens is 260 g/mol. The number of anilines is 1. The van der Waals surface area contributed by atoms with Crippen LogP contribution in [0.1, 0.15) is 23.4 Å². The van der Waals surface area contributed by atoms with E-state index in [1.807, 2.05) is 31.7 Å². The Labute approximate surface area is 117 Å². The number of nitrogens with zero attached hydrogens (tertiary/aromatic N) is 3. The highest BCUT2D eigenvalue weighted by atomic mass is 32.2. The van der Waals surface area contributed by atoms with Crippen LogP contribution in [0.5, 0.6) is 0 Å². The number of hydrogen-bond acceptors (Lipinski definition) is 6. The first-order valence-corrected chi connectivity index (χ1v) is 7.43. The zero-order valence-corrected chi connectivity index (χ0v) is 12.0. The fourth-order valence-corrected chi connectivity index (χ4v) is 2.76. The van der Waals surface area contributed by atoms with Gasteiger partial charge in [0.05, 0.1) is 5.69 Å². The van der Waals surface area contributed by atoms with Crippen LogP contribution in [0.15, 0.2) is 23.0 Å². The Morgan fingerprint density at radius 1 is 1.26 bits per heavy atom. The Morgan fingerprint density at radius 2 is 2.05 bits per heavy atom. The number of hydrogen-bond donors (Lipinski definition) is 1.